The van der Waals surface area contributed by atoms with Crippen LogP contribution in [0.15, 0.2) is 18.2 Å². The van der Waals surface area contributed by atoms with E-state index in [1.165, 1.54) is 6.07 Å². The SMILES string of the molecule is NCCCNC(=O)c1cc(I)cc(C(F)(F)F)c1. The monoisotopic (exact) mass is 372 g/mol. The molecule has 3 nitrogen and oxygen atoms in total. The largest absolute Gasteiger partial charge is 0.416 e. The van der Waals surface area contributed by atoms with Gasteiger partial charge in [0.1, 0.15) is 0 Å². The molecule has 0 bridgehead atoms. The van der Waals surface area contributed by atoms with Gasteiger partial charge in [-0.15, -0.1) is 0 Å². The molecule has 0 atom stereocenters. The van der Waals surface area contributed by atoms with Crippen molar-refractivity contribution in [1.29, 1.82) is 0 Å². The molecule has 0 fully saturated rings. The molecule has 3 N–H and O–H groups in total. The van der Waals surface area contributed by atoms with Crippen molar-refractivity contribution in [2.45, 2.75) is 12.6 Å². The van der Waals surface area contributed by atoms with Gasteiger partial charge in [-0.25, -0.2) is 0 Å². The van der Waals surface area contributed by atoms with Gasteiger partial charge >= 0.3 is 6.18 Å². The standard InChI is InChI=1S/C11H12F3IN2O/c12-11(13,14)8-4-7(5-9(15)6-8)10(18)17-3-1-2-16/h4-6H,1-3,16H2,(H,17,18). The van der Waals surface area contributed by atoms with Crippen LogP contribution in [-0.2, 0) is 6.18 Å². The summed E-state index contributed by atoms with van der Waals surface area (Å²) in [6.07, 6.45) is -3.87. The van der Waals surface area contributed by atoms with Crippen molar-refractivity contribution in [2.75, 3.05) is 13.1 Å². The Morgan fingerprint density at radius 2 is 2.00 bits per heavy atom. The normalized spacial score (nSPS) is 11.4. The molecular formula is C11H12F3IN2O. The molecule has 0 aromatic heterocycles. The molecular weight excluding hydrogens is 360 g/mol. The van der Waals surface area contributed by atoms with Gasteiger partial charge in [0.2, 0.25) is 0 Å². The van der Waals surface area contributed by atoms with Gasteiger partial charge in [0.25, 0.3) is 5.91 Å². The molecule has 0 saturated carbocycles. The van der Waals surface area contributed by atoms with Crippen LogP contribution in [0.1, 0.15) is 22.3 Å². The van der Waals surface area contributed by atoms with E-state index in [4.69, 9.17) is 5.73 Å². The Hall–Kier alpha value is -0.830. The van der Waals surface area contributed by atoms with E-state index >= 15 is 0 Å². The number of hydrogen-bond acceptors (Lipinski definition) is 2. The van der Waals surface area contributed by atoms with Crippen LogP contribution in [0, 0.1) is 3.57 Å². The number of nitrogens with two attached hydrogens (primary N) is 1. The minimum atomic E-state index is -4.45. The van der Waals surface area contributed by atoms with Gasteiger partial charge < -0.3 is 11.1 Å². The van der Waals surface area contributed by atoms with Gasteiger partial charge in [0.05, 0.1) is 5.56 Å². The van der Waals surface area contributed by atoms with E-state index in [1.807, 2.05) is 0 Å². The summed E-state index contributed by atoms with van der Waals surface area (Å²) in [5.74, 6) is -0.521. The summed E-state index contributed by atoms with van der Waals surface area (Å²) in [7, 11) is 0. The Labute approximate surface area is 116 Å². The molecule has 0 saturated heterocycles. The van der Waals surface area contributed by atoms with E-state index in [9.17, 15) is 18.0 Å². The van der Waals surface area contributed by atoms with Gasteiger partial charge in [-0.2, -0.15) is 13.2 Å². The fourth-order valence-electron chi connectivity index (χ4n) is 1.29. The van der Waals surface area contributed by atoms with E-state index in [1.54, 1.807) is 22.6 Å². The minimum Gasteiger partial charge on any atom is -0.352 e. The zero-order valence-electron chi connectivity index (χ0n) is 9.35. The zero-order chi connectivity index (χ0) is 13.8. The second-order valence-corrected chi connectivity index (χ2v) is 4.87. The first-order chi connectivity index (χ1) is 8.34. The quantitative estimate of drug-likeness (QED) is 0.630. The maximum Gasteiger partial charge on any atom is 0.416 e. The first kappa shape index (κ1) is 15.2. The average Bonchev–Trinajstić information content (AvgIpc) is 2.27. The molecule has 0 aliphatic heterocycles. The summed E-state index contributed by atoms with van der Waals surface area (Å²) in [6.45, 7) is 0.766. The van der Waals surface area contributed by atoms with Crippen LogP contribution in [0.4, 0.5) is 13.2 Å². The third kappa shape index (κ3) is 4.45. The second-order valence-electron chi connectivity index (χ2n) is 3.62. The van der Waals surface area contributed by atoms with Crippen molar-refractivity contribution in [2.24, 2.45) is 5.73 Å². The van der Waals surface area contributed by atoms with Gasteiger partial charge in [-0.3, -0.25) is 4.79 Å². The van der Waals surface area contributed by atoms with Crippen LogP contribution >= 0.6 is 22.6 Å². The molecule has 0 aliphatic rings. The summed E-state index contributed by atoms with van der Waals surface area (Å²) >= 11 is 1.75. The van der Waals surface area contributed by atoms with Crippen LogP contribution < -0.4 is 11.1 Å². The number of benzene rings is 1. The number of amides is 1. The van der Waals surface area contributed by atoms with E-state index < -0.39 is 17.6 Å². The molecule has 0 unspecified atom stereocenters. The predicted molar refractivity (Wildman–Crippen MR) is 70.2 cm³/mol. The molecule has 1 aromatic rings. The minimum absolute atomic E-state index is 0.00578. The molecule has 1 rings (SSSR count). The van der Waals surface area contributed by atoms with Crippen molar-refractivity contribution in [3.05, 3.63) is 32.9 Å². The smallest absolute Gasteiger partial charge is 0.352 e. The van der Waals surface area contributed by atoms with Crippen molar-refractivity contribution >= 4 is 28.5 Å². The Kier molecular flexibility index (Phi) is 5.39. The van der Waals surface area contributed by atoms with E-state index in [2.05, 4.69) is 5.32 Å². The Morgan fingerprint density at radius 3 is 2.56 bits per heavy atom. The second kappa shape index (κ2) is 6.37. The van der Waals surface area contributed by atoms with Crippen LogP contribution in [-0.4, -0.2) is 19.0 Å². The van der Waals surface area contributed by atoms with Gasteiger partial charge in [0.15, 0.2) is 0 Å². The molecule has 100 valence electrons. The number of hydrogen-bond donors (Lipinski definition) is 2. The Morgan fingerprint density at radius 1 is 1.33 bits per heavy atom. The maximum absolute atomic E-state index is 12.6. The van der Waals surface area contributed by atoms with E-state index in [-0.39, 0.29) is 5.56 Å². The molecule has 0 aliphatic carbocycles. The predicted octanol–water partition coefficient (Wildman–Crippen LogP) is 2.39. The first-order valence-corrected chi connectivity index (χ1v) is 6.28. The summed E-state index contributed by atoms with van der Waals surface area (Å²) in [5.41, 5.74) is 4.44. The Bertz CT molecular complexity index is 435. The molecule has 0 radical (unpaired) electrons. The summed E-state index contributed by atoms with van der Waals surface area (Å²) in [6, 6.07) is 3.25. The fraction of sp³-hybridized carbons (Fsp3) is 0.364. The summed E-state index contributed by atoms with van der Waals surface area (Å²) in [4.78, 5) is 11.6. The lowest BCUT2D eigenvalue weighted by atomic mass is 10.1. The van der Waals surface area contributed by atoms with Crippen molar-refractivity contribution in [1.82, 2.24) is 5.32 Å². The topological polar surface area (TPSA) is 55.1 Å². The highest BCUT2D eigenvalue weighted by Gasteiger charge is 2.31. The van der Waals surface area contributed by atoms with Crippen molar-refractivity contribution in [3.63, 3.8) is 0 Å². The lowest BCUT2D eigenvalue weighted by molar-refractivity contribution is -0.137. The number of carbonyl (C=O) groups is 1. The summed E-state index contributed by atoms with van der Waals surface area (Å²) in [5, 5.41) is 2.52. The van der Waals surface area contributed by atoms with Crippen LogP contribution in [0.25, 0.3) is 0 Å². The number of carbonyl (C=O) groups excluding carboxylic acids is 1. The highest BCUT2D eigenvalue weighted by Crippen LogP contribution is 2.31. The fourth-order valence-corrected chi connectivity index (χ4v) is 1.96. The molecule has 1 aromatic carbocycles. The maximum atomic E-state index is 12.6. The molecule has 1 amide bonds. The highest BCUT2D eigenvalue weighted by molar-refractivity contribution is 14.1. The molecule has 7 heteroatoms. The van der Waals surface area contributed by atoms with Crippen molar-refractivity contribution in [3.8, 4) is 0 Å². The average molecular weight is 372 g/mol. The number of alkyl halides is 3. The lowest BCUT2D eigenvalue weighted by Gasteiger charge is -2.10. The number of nitrogens with one attached hydrogen (secondary N) is 1. The van der Waals surface area contributed by atoms with Crippen LogP contribution in [0.2, 0.25) is 0 Å². The van der Waals surface area contributed by atoms with Crippen molar-refractivity contribution < 1.29 is 18.0 Å². The highest BCUT2D eigenvalue weighted by atomic mass is 127. The van der Waals surface area contributed by atoms with Gasteiger partial charge in [-0.05, 0) is 53.8 Å². The molecule has 0 heterocycles. The summed E-state index contributed by atoms with van der Waals surface area (Å²) < 4.78 is 38.1. The third-order valence-electron chi connectivity index (χ3n) is 2.15. The van der Waals surface area contributed by atoms with Crippen LogP contribution in [0.5, 0.6) is 0 Å². The zero-order valence-corrected chi connectivity index (χ0v) is 11.5. The lowest BCUT2D eigenvalue weighted by Crippen LogP contribution is -2.26. The third-order valence-corrected chi connectivity index (χ3v) is 2.78. The van der Waals surface area contributed by atoms with Gasteiger partial charge in [-0.1, -0.05) is 0 Å². The van der Waals surface area contributed by atoms with Gasteiger partial charge in [0, 0.05) is 15.7 Å². The van der Waals surface area contributed by atoms with E-state index in [0.717, 1.165) is 12.1 Å². The first-order valence-electron chi connectivity index (χ1n) is 5.20. The van der Waals surface area contributed by atoms with Crippen LogP contribution in [0.3, 0.4) is 0 Å². The molecule has 18 heavy (non-hydrogen) atoms. The molecule has 0 spiro atoms. The van der Waals surface area contributed by atoms with E-state index in [0.29, 0.717) is 23.1 Å². The Balaban J connectivity index is 2.89. The number of rotatable bonds is 4. The number of halogens is 4.